The van der Waals surface area contributed by atoms with Gasteiger partial charge >= 0.3 is 5.63 Å². The van der Waals surface area contributed by atoms with Crippen molar-refractivity contribution in [2.45, 2.75) is 39.7 Å². The largest absolute Gasteiger partial charge is 0.423 e. The highest BCUT2D eigenvalue weighted by molar-refractivity contribution is 5.82. The van der Waals surface area contributed by atoms with Gasteiger partial charge in [-0.15, -0.1) is 0 Å². The normalized spacial score (nSPS) is 12.4. The van der Waals surface area contributed by atoms with E-state index in [0.29, 0.717) is 23.4 Å². The summed E-state index contributed by atoms with van der Waals surface area (Å²) in [6.07, 6.45) is 0.532. The molecule has 2 aromatic carbocycles. The van der Waals surface area contributed by atoms with Crippen molar-refractivity contribution in [1.82, 2.24) is 15.3 Å². The highest BCUT2D eigenvalue weighted by Gasteiger charge is 2.16. The zero-order chi connectivity index (χ0) is 20.5. The van der Waals surface area contributed by atoms with Crippen molar-refractivity contribution in [1.29, 1.82) is 0 Å². The Labute approximate surface area is 168 Å². The van der Waals surface area contributed by atoms with Gasteiger partial charge in [-0.3, -0.25) is 4.79 Å². The number of amides is 1. The molecule has 0 spiro atoms. The summed E-state index contributed by atoms with van der Waals surface area (Å²) in [6, 6.07) is 13.3. The number of carbonyl (C=O) groups is 1. The number of fused-ring (bicyclic) bond motifs is 2. The van der Waals surface area contributed by atoms with Crippen LogP contribution >= 0.6 is 0 Å². The lowest BCUT2D eigenvalue weighted by molar-refractivity contribution is -0.121. The summed E-state index contributed by atoms with van der Waals surface area (Å²) in [5.74, 6) is 0.567. The second-order valence-electron chi connectivity index (χ2n) is 7.42. The van der Waals surface area contributed by atoms with Gasteiger partial charge in [0.05, 0.1) is 17.1 Å². The summed E-state index contributed by atoms with van der Waals surface area (Å²) in [6.45, 7) is 5.74. The smallest absolute Gasteiger partial charge is 0.339 e. The number of benzene rings is 2. The van der Waals surface area contributed by atoms with Gasteiger partial charge in [0.1, 0.15) is 11.4 Å². The van der Waals surface area contributed by atoms with Gasteiger partial charge in [0.25, 0.3) is 0 Å². The number of imidazole rings is 1. The van der Waals surface area contributed by atoms with E-state index in [9.17, 15) is 9.59 Å². The maximum Gasteiger partial charge on any atom is 0.339 e. The Kier molecular flexibility index (Phi) is 4.92. The molecule has 0 saturated heterocycles. The molecule has 0 aliphatic heterocycles. The fourth-order valence-electron chi connectivity index (χ4n) is 3.59. The van der Waals surface area contributed by atoms with E-state index in [1.54, 1.807) is 0 Å². The molecule has 4 aromatic rings. The predicted octanol–water partition coefficient (Wildman–Crippen LogP) is 4.10. The highest BCUT2D eigenvalue weighted by Crippen LogP contribution is 2.21. The minimum atomic E-state index is -0.376. The first-order valence-electron chi connectivity index (χ1n) is 9.69. The lowest BCUT2D eigenvalue weighted by atomic mass is 10.0. The van der Waals surface area contributed by atoms with Crippen molar-refractivity contribution in [3.8, 4) is 0 Å². The molecule has 0 saturated carbocycles. The Morgan fingerprint density at radius 2 is 2.00 bits per heavy atom. The number of carbonyl (C=O) groups excluding carboxylic acids is 1. The summed E-state index contributed by atoms with van der Waals surface area (Å²) < 4.78 is 5.47. The lowest BCUT2D eigenvalue weighted by Gasteiger charge is -2.12. The van der Waals surface area contributed by atoms with Crippen LogP contribution in [0.3, 0.4) is 0 Å². The fourth-order valence-corrected chi connectivity index (χ4v) is 3.59. The third-order valence-corrected chi connectivity index (χ3v) is 5.24. The number of aromatic nitrogens is 2. The standard InChI is InChI=1S/C23H23N3O3/c1-13-8-9-16-14(2)17(23(28)29-20(16)12-13)10-11-21(27)24-15(3)22-25-18-6-4-5-7-19(18)26-22/h4-9,12,15H,10-11H2,1-3H3,(H,24,27)(H,25,26)/t15-/m0/s1. The summed E-state index contributed by atoms with van der Waals surface area (Å²) in [4.78, 5) is 32.6. The summed E-state index contributed by atoms with van der Waals surface area (Å²) in [5.41, 5.74) is 4.46. The zero-order valence-corrected chi connectivity index (χ0v) is 16.7. The Morgan fingerprint density at radius 3 is 2.79 bits per heavy atom. The molecule has 148 valence electrons. The first-order chi connectivity index (χ1) is 13.9. The number of nitrogens with one attached hydrogen (secondary N) is 2. The topological polar surface area (TPSA) is 88.0 Å². The number of aryl methyl sites for hydroxylation is 2. The number of para-hydroxylation sites is 2. The van der Waals surface area contributed by atoms with Gasteiger partial charge in [-0.1, -0.05) is 24.3 Å². The third-order valence-electron chi connectivity index (χ3n) is 5.24. The van der Waals surface area contributed by atoms with Gasteiger partial charge in [0, 0.05) is 17.4 Å². The van der Waals surface area contributed by atoms with E-state index in [0.717, 1.165) is 27.5 Å². The number of hydrogen-bond acceptors (Lipinski definition) is 4. The molecule has 0 radical (unpaired) electrons. The van der Waals surface area contributed by atoms with Gasteiger partial charge in [-0.25, -0.2) is 9.78 Å². The molecule has 0 aliphatic carbocycles. The van der Waals surface area contributed by atoms with E-state index in [1.165, 1.54) is 0 Å². The van der Waals surface area contributed by atoms with Crippen LogP contribution in [-0.4, -0.2) is 15.9 Å². The van der Waals surface area contributed by atoms with Gasteiger partial charge in [0.15, 0.2) is 0 Å². The molecule has 2 aromatic heterocycles. The fraction of sp³-hybridized carbons (Fsp3) is 0.261. The van der Waals surface area contributed by atoms with Crippen molar-refractivity contribution in [2.75, 3.05) is 0 Å². The number of hydrogen-bond donors (Lipinski definition) is 2. The number of H-pyrrole nitrogens is 1. The molecule has 4 rings (SSSR count). The van der Waals surface area contributed by atoms with Crippen LogP contribution in [0, 0.1) is 13.8 Å². The summed E-state index contributed by atoms with van der Waals surface area (Å²) in [7, 11) is 0. The van der Waals surface area contributed by atoms with Crippen LogP contribution < -0.4 is 10.9 Å². The molecule has 0 aliphatic rings. The molecule has 0 bridgehead atoms. The molecular weight excluding hydrogens is 366 g/mol. The van der Waals surface area contributed by atoms with Crippen molar-refractivity contribution < 1.29 is 9.21 Å². The minimum Gasteiger partial charge on any atom is -0.423 e. The van der Waals surface area contributed by atoms with E-state index in [1.807, 2.05) is 63.2 Å². The van der Waals surface area contributed by atoms with Crippen molar-refractivity contribution >= 4 is 27.9 Å². The van der Waals surface area contributed by atoms with Crippen LogP contribution in [0.1, 0.15) is 41.9 Å². The summed E-state index contributed by atoms with van der Waals surface area (Å²) >= 11 is 0. The van der Waals surface area contributed by atoms with Gasteiger partial charge in [-0.05, 0) is 56.5 Å². The quantitative estimate of drug-likeness (QED) is 0.503. The molecule has 6 nitrogen and oxygen atoms in total. The molecule has 0 unspecified atom stereocenters. The number of rotatable bonds is 5. The van der Waals surface area contributed by atoms with Crippen molar-refractivity contribution in [3.05, 3.63) is 75.4 Å². The minimum absolute atomic E-state index is 0.138. The Bertz CT molecular complexity index is 1240. The van der Waals surface area contributed by atoms with Crippen molar-refractivity contribution in [3.63, 3.8) is 0 Å². The maximum absolute atomic E-state index is 12.5. The summed E-state index contributed by atoms with van der Waals surface area (Å²) in [5, 5.41) is 3.85. The lowest BCUT2D eigenvalue weighted by Crippen LogP contribution is -2.28. The predicted molar refractivity (Wildman–Crippen MR) is 113 cm³/mol. The average molecular weight is 389 g/mol. The number of nitrogens with zero attached hydrogens (tertiary/aromatic N) is 1. The average Bonchev–Trinajstić information content (AvgIpc) is 3.12. The Balaban J connectivity index is 1.46. The zero-order valence-electron chi connectivity index (χ0n) is 16.7. The van der Waals surface area contributed by atoms with Crippen LogP contribution in [0.15, 0.2) is 51.7 Å². The molecule has 2 N–H and O–H groups in total. The van der Waals surface area contributed by atoms with E-state index in [2.05, 4.69) is 15.3 Å². The van der Waals surface area contributed by atoms with E-state index < -0.39 is 0 Å². The van der Waals surface area contributed by atoms with Crippen LogP contribution in [0.4, 0.5) is 0 Å². The molecule has 1 amide bonds. The number of aromatic amines is 1. The van der Waals surface area contributed by atoms with Crippen LogP contribution in [0.5, 0.6) is 0 Å². The second kappa shape index (κ2) is 7.54. The van der Waals surface area contributed by atoms with E-state index in [-0.39, 0.29) is 24.0 Å². The SMILES string of the molecule is Cc1ccc2c(C)c(CCC(=O)N[C@@H](C)c3nc4ccccc4[nH]3)c(=O)oc2c1. The molecule has 29 heavy (non-hydrogen) atoms. The molecule has 2 heterocycles. The van der Waals surface area contributed by atoms with E-state index >= 15 is 0 Å². The van der Waals surface area contributed by atoms with Crippen LogP contribution in [0.2, 0.25) is 0 Å². The Hall–Kier alpha value is -3.41. The first-order valence-corrected chi connectivity index (χ1v) is 9.69. The van der Waals surface area contributed by atoms with Crippen LogP contribution in [-0.2, 0) is 11.2 Å². The van der Waals surface area contributed by atoms with Gasteiger partial charge in [0.2, 0.25) is 5.91 Å². The van der Waals surface area contributed by atoms with Crippen LogP contribution in [0.25, 0.3) is 22.0 Å². The second-order valence-corrected chi connectivity index (χ2v) is 7.42. The molecular formula is C23H23N3O3. The monoisotopic (exact) mass is 389 g/mol. The third kappa shape index (κ3) is 3.78. The maximum atomic E-state index is 12.5. The van der Waals surface area contributed by atoms with Gasteiger partial charge in [-0.2, -0.15) is 0 Å². The van der Waals surface area contributed by atoms with Crippen molar-refractivity contribution in [2.24, 2.45) is 0 Å². The first kappa shape index (κ1) is 18.9. The molecule has 1 atom stereocenters. The Morgan fingerprint density at radius 1 is 1.21 bits per heavy atom. The van der Waals surface area contributed by atoms with Gasteiger partial charge < -0.3 is 14.7 Å². The molecule has 0 fully saturated rings. The van der Waals surface area contributed by atoms with E-state index in [4.69, 9.17) is 4.42 Å². The highest BCUT2D eigenvalue weighted by atomic mass is 16.4. The molecule has 6 heteroatoms.